The fourth-order valence-electron chi connectivity index (χ4n) is 3.51. The zero-order valence-corrected chi connectivity index (χ0v) is 15.4. The van der Waals surface area contributed by atoms with Crippen molar-refractivity contribution in [1.82, 2.24) is 9.88 Å². The van der Waals surface area contributed by atoms with Gasteiger partial charge in [-0.2, -0.15) is 9.65 Å². The highest BCUT2D eigenvalue weighted by Crippen LogP contribution is 2.37. The Bertz CT molecular complexity index is 927. The second-order valence-electron chi connectivity index (χ2n) is 6.72. The molecule has 1 saturated heterocycles. The van der Waals surface area contributed by atoms with Crippen LogP contribution < -0.4 is 4.90 Å². The summed E-state index contributed by atoms with van der Waals surface area (Å²) in [4.78, 5) is 7.13. The van der Waals surface area contributed by atoms with E-state index in [1.54, 1.807) is 7.05 Å². The van der Waals surface area contributed by atoms with Crippen LogP contribution in [0.4, 0.5) is 14.5 Å². The number of nitriles is 1. The summed E-state index contributed by atoms with van der Waals surface area (Å²) in [6.07, 6.45) is 3.80. The molecule has 0 unspecified atom stereocenters. The van der Waals surface area contributed by atoms with Crippen LogP contribution in [-0.4, -0.2) is 42.2 Å². The number of pyridine rings is 1. The minimum atomic E-state index is -0.628. The summed E-state index contributed by atoms with van der Waals surface area (Å²) in [5.41, 5.74) is 1.84. The largest absolute Gasteiger partial charge is 0.370 e. The van der Waals surface area contributed by atoms with Crippen LogP contribution in [0.1, 0.15) is 18.4 Å². The Morgan fingerprint density at radius 1 is 1.32 bits per heavy atom. The smallest absolute Gasteiger partial charge is 0.212 e. The Balaban J connectivity index is 1.94. The number of nitrogens with one attached hydrogen (secondary N) is 2. The molecule has 3 rings (SSSR count). The second-order valence-corrected chi connectivity index (χ2v) is 6.72. The highest BCUT2D eigenvalue weighted by atomic mass is 19.1. The number of aromatic nitrogens is 1. The molecule has 2 aromatic rings. The van der Waals surface area contributed by atoms with E-state index < -0.39 is 11.8 Å². The Morgan fingerprint density at radius 2 is 2.04 bits per heavy atom. The van der Waals surface area contributed by atoms with Crippen molar-refractivity contribution in [2.24, 2.45) is 5.92 Å². The van der Waals surface area contributed by atoms with Crippen molar-refractivity contribution >= 4 is 17.9 Å². The third-order valence-corrected chi connectivity index (χ3v) is 5.01. The molecule has 8 heteroatoms. The van der Waals surface area contributed by atoms with Crippen LogP contribution in [0.3, 0.4) is 0 Å². The average molecular weight is 382 g/mol. The summed E-state index contributed by atoms with van der Waals surface area (Å²) in [5, 5.41) is 25.0. The van der Waals surface area contributed by atoms with Crippen molar-refractivity contribution < 1.29 is 8.78 Å². The first-order valence-corrected chi connectivity index (χ1v) is 8.87. The summed E-state index contributed by atoms with van der Waals surface area (Å²) in [5.74, 6) is -0.761. The molecule has 1 aromatic carbocycles. The molecule has 2 N–H and O–H groups in total. The standard InChI is InChI=1S/C20H20F2N6/c1-27(12-24)20(25)13-4-6-28(7-5-13)19-15(10-23)8-16(21)9-17(19)14-2-3-18(22)26-11-14/h2-3,8-9,11-13,24-25H,4-7H2,1H3. The SMILES string of the molecule is CN(C=N)C(=N)C1CCN(c2c(C#N)cc(F)cc2-c2ccc(F)nc2)CC1. The van der Waals surface area contributed by atoms with Crippen LogP contribution in [0, 0.1) is 39.8 Å². The summed E-state index contributed by atoms with van der Waals surface area (Å²) in [7, 11) is 1.68. The number of amidine groups is 1. The number of benzene rings is 1. The van der Waals surface area contributed by atoms with Gasteiger partial charge in [0, 0.05) is 43.4 Å². The summed E-state index contributed by atoms with van der Waals surface area (Å²) in [6.45, 7) is 1.17. The minimum Gasteiger partial charge on any atom is -0.370 e. The van der Waals surface area contributed by atoms with Gasteiger partial charge in [0.25, 0.3) is 0 Å². The van der Waals surface area contributed by atoms with Crippen LogP contribution in [0.25, 0.3) is 11.1 Å². The molecule has 0 aliphatic carbocycles. The van der Waals surface area contributed by atoms with Gasteiger partial charge in [-0.3, -0.25) is 10.8 Å². The van der Waals surface area contributed by atoms with Crippen LogP contribution in [0.5, 0.6) is 0 Å². The molecule has 2 heterocycles. The van der Waals surface area contributed by atoms with E-state index in [0.29, 0.717) is 48.6 Å². The summed E-state index contributed by atoms with van der Waals surface area (Å²) < 4.78 is 27.3. The Labute approximate surface area is 162 Å². The van der Waals surface area contributed by atoms with E-state index in [1.807, 2.05) is 4.90 Å². The first-order valence-electron chi connectivity index (χ1n) is 8.87. The zero-order chi connectivity index (χ0) is 20.3. The van der Waals surface area contributed by atoms with Crippen LogP contribution >= 0.6 is 0 Å². The molecule has 0 radical (unpaired) electrons. The van der Waals surface area contributed by atoms with Gasteiger partial charge in [0.15, 0.2) is 0 Å². The zero-order valence-electron chi connectivity index (χ0n) is 15.4. The first kappa shape index (κ1) is 19.4. The number of halogens is 2. The lowest BCUT2D eigenvalue weighted by molar-refractivity contribution is 0.473. The van der Waals surface area contributed by atoms with Crippen molar-refractivity contribution in [3.05, 3.63) is 47.8 Å². The van der Waals surface area contributed by atoms with E-state index in [-0.39, 0.29) is 11.5 Å². The second kappa shape index (κ2) is 8.13. The Hall–Kier alpha value is -3.34. The van der Waals surface area contributed by atoms with Gasteiger partial charge in [0.05, 0.1) is 17.6 Å². The van der Waals surface area contributed by atoms with E-state index in [1.165, 1.54) is 35.4 Å². The molecular formula is C20H20F2N6. The lowest BCUT2D eigenvalue weighted by atomic mass is 9.92. The van der Waals surface area contributed by atoms with Gasteiger partial charge < -0.3 is 9.80 Å². The lowest BCUT2D eigenvalue weighted by Gasteiger charge is -2.36. The molecule has 1 fully saturated rings. The maximum atomic E-state index is 14.1. The predicted molar refractivity (Wildman–Crippen MR) is 104 cm³/mol. The van der Waals surface area contributed by atoms with Crippen molar-refractivity contribution in [2.45, 2.75) is 12.8 Å². The molecule has 0 spiro atoms. The van der Waals surface area contributed by atoms with Crippen molar-refractivity contribution in [2.75, 3.05) is 25.0 Å². The van der Waals surface area contributed by atoms with E-state index >= 15 is 0 Å². The molecule has 0 atom stereocenters. The molecule has 1 aromatic heterocycles. The molecule has 0 amide bonds. The fraction of sp³-hybridized carbons (Fsp3) is 0.300. The maximum absolute atomic E-state index is 14.1. The van der Waals surface area contributed by atoms with Crippen LogP contribution in [0.2, 0.25) is 0 Å². The van der Waals surface area contributed by atoms with Crippen molar-refractivity contribution in [3.63, 3.8) is 0 Å². The summed E-state index contributed by atoms with van der Waals surface area (Å²) >= 11 is 0. The fourth-order valence-corrected chi connectivity index (χ4v) is 3.51. The number of rotatable bonds is 4. The number of anilines is 1. The highest BCUT2D eigenvalue weighted by molar-refractivity contribution is 5.90. The van der Waals surface area contributed by atoms with Gasteiger partial charge in [-0.05, 0) is 37.1 Å². The number of piperidine rings is 1. The Kier molecular flexibility index (Phi) is 5.64. The average Bonchev–Trinajstić information content (AvgIpc) is 2.72. The number of hydrogen-bond donors (Lipinski definition) is 2. The third-order valence-electron chi connectivity index (χ3n) is 5.01. The number of hydrogen-bond acceptors (Lipinski definition) is 5. The van der Waals surface area contributed by atoms with Gasteiger partial charge in [0.1, 0.15) is 17.7 Å². The predicted octanol–water partition coefficient (Wildman–Crippen LogP) is 3.63. The molecule has 6 nitrogen and oxygen atoms in total. The summed E-state index contributed by atoms with van der Waals surface area (Å²) in [6, 6.07) is 7.32. The highest BCUT2D eigenvalue weighted by Gasteiger charge is 2.27. The van der Waals surface area contributed by atoms with Crippen molar-refractivity contribution in [3.8, 4) is 17.2 Å². The molecule has 144 valence electrons. The van der Waals surface area contributed by atoms with E-state index in [4.69, 9.17) is 10.8 Å². The van der Waals surface area contributed by atoms with Gasteiger partial charge >= 0.3 is 0 Å². The topological polar surface area (TPSA) is 90.9 Å². The van der Waals surface area contributed by atoms with Crippen molar-refractivity contribution in [1.29, 1.82) is 16.1 Å². The van der Waals surface area contributed by atoms with Gasteiger partial charge in [-0.1, -0.05) is 0 Å². The van der Waals surface area contributed by atoms with E-state index in [9.17, 15) is 14.0 Å². The van der Waals surface area contributed by atoms with Gasteiger partial charge in [0.2, 0.25) is 5.95 Å². The molecule has 1 aliphatic heterocycles. The maximum Gasteiger partial charge on any atom is 0.212 e. The molecule has 0 saturated carbocycles. The molecule has 0 bridgehead atoms. The van der Waals surface area contributed by atoms with Crippen LogP contribution in [-0.2, 0) is 0 Å². The first-order chi connectivity index (χ1) is 13.4. The van der Waals surface area contributed by atoms with Gasteiger partial charge in [-0.15, -0.1) is 0 Å². The van der Waals surface area contributed by atoms with E-state index in [0.717, 1.165) is 6.34 Å². The molecular weight excluding hydrogens is 362 g/mol. The minimum absolute atomic E-state index is 0.0183. The monoisotopic (exact) mass is 382 g/mol. The lowest BCUT2D eigenvalue weighted by Crippen LogP contribution is -2.41. The molecule has 1 aliphatic rings. The normalized spacial score (nSPS) is 14.4. The number of nitrogens with zero attached hydrogens (tertiary/aromatic N) is 4. The van der Waals surface area contributed by atoms with Crippen LogP contribution in [0.15, 0.2) is 30.5 Å². The third kappa shape index (κ3) is 3.83. The molecule has 28 heavy (non-hydrogen) atoms. The Morgan fingerprint density at radius 3 is 2.61 bits per heavy atom. The van der Waals surface area contributed by atoms with E-state index in [2.05, 4.69) is 11.1 Å². The quantitative estimate of drug-likeness (QED) is 0.480. The van der Waals surface area contributed by atoms with Gasteiger partial charge in [-0.25, -0.2) is 9.37 Å².